The summed E-state index contributed by atoms with van der Waals surface area (Å²) in [5, 5.41) is 20.2. The number of rotatable bonds is 12. The number of nitrogens with one attached hydrogen (secondary N) is 3. The molecule has 0 bridgehead atoms. The molecule has 3 aliphatic rings. The minimum absolute atomic E-state index is 0.0557. The summed E-state index contributed by atoms with van der Waals surface area (Å²) in [4.78, 5) is 59.2. The van der Waals surface area contributed by atoms with Crippen molar-refractivity contribution < 1.29 is 23.5 Å². The van der Waals surface area contributed by atoms with Crippen LogP contribution in [0.5, 0.6) is 0 Å². The molecular weight excluding hydrogens is 875 g/mol. The van der Waals surface area contributed by atoms with Gasteiger partial charge >= 0.3 is 6.03 Å². The van der Waals surface area contributed by atoms with Gasteiger partial charge in [0.05, 0.1) is 43.5 Å². The average Bonchev–Trinajstić information content (AvgIpc) is 4.13. The third-order valence-electron chi connectivity index (χ3n) is 12.5. The maximum absolute atomic E-state index is 12.7. The van der Waals surface area contributed by atoms with E-state index in [4.69, 9.17) is 28.8 Å². The van der Waals surface area contributed by atoms with Crippen LogP contribution < -0.4 is 20.9 Å². The molecule has 18 nitrogen and oxygen atoms in total. The lowest BCUT2D eigenvalue weighted by atomic mass is 9.95. The molecule has 1 saturated carbocycles. The van der Waals surface area contributed by atoms with E-state index in [1.807, 2.05) is 88.7 Å². The number of aromatic nitrogens is 6. The highest BCUT2D eigenvalue weighted by Crippen LogP contribution is 2.35. The van der Waals surface area contributed by atoms with Crippen LogP contribution in [0.15, 0.2) is 113 Å². The van der Waals surface area contributed by atoms with Gasteiger partial charge < -0.3 is 49.5 Å². The number of aliphatic hydroxyl groups excluding tert-OH is 1. The first-order chi connectivity index (χ1) is 33.7. The molecule has 4 N–H and O–H groups in total. The molecule has 0 radical (unpaired) electrons. The summed E-state index contributed by atoms with van der Waals surface area (Å²) in [6, 6.07) is 25.8. The Morgan fingerprint density at radius 2 is 1.28 bits per heavy atom. The molecule has 0 spiro atoms. The molecular formula is C51H57N13O5. The van der Waals surface area contributed by atoms with E-state index in [-0.39, 0.29) is 18.5 Å². The largest absolute Gasteiger partial charge is 0.444 e. The lowest BCUT2D eigenvalue weighted by molar-refractivity contribution is -0.129. The molecule has 3 amide bonds. The molecule has 7 aromatic rings. The number of hydrogen-bond acceptors (Lipinski definition) is 15. The molecule has 18 heteroatoms. The van der Waals surface area contributed by atoms with Crippen molar-refractivity contribution in [3.8, 4) is 22.6 Å². The maximum atomic E-state index is 12.7. The number of urea groups is 1. The van der Waals surface area contributed by atoms with Crippen LogP contribution in [-0.4, -0.2) is 108 Å². The molecule has 1 fully saturated rings. The number of aliphatic hydroxyl groups is 1. The Balaban J connectivity index is 0.000000174. The quantitative estimate of drug-likeness (QED) is 0.0905. The van der Waals surface area contributed by atoms with Crippen LogP contribution in [0.1, 0.15) is 61.5 Å². The van der Waals surface area contributed by atoms with E-state index in [0.717, 1.165) is 81.5 Å². The van der Waals surface area contributed by atoms with Crippen LogP contribution in [0.25, 0.3) is 22.6 Å². The molecule has 1 aliphatic carbocycles. The molecule has 4 aromatic heterocycles. The highest BCUT2D eigenvalue weighted by molar-refractivity contribution is 5.76. The Hall–Kier alpha value is -7.86. The molecule has 6 heterocycles. The van der Waals surface area contributed by atoms with E-state index in [9.17, 15) is 14.7 Å². The monoisotopic (exact) mass is 931 g/mol. The molecule has 0 saturated heterocycles. The number of carbonyl (C=O) groups excluding carboxylic acids is 2. The predicted octanol–water partition coefficient (Wildman–Crippen LogP) is 8.57. The fraction of sp³-hybridized carbons (Fsp3) is 0.333. The van der Waals surface area contributed by atoms with Gasteiger partial charge in [0, 0.05) is 98.9 Å². The summed E-state index contributed by atoms with van der Waals surface area (Å²) >= 11 is 0. The van der Waals surface area contributed by atoms with Gasteiger partial charge in [-0.3, -0.25) is 4.79 Å². The lowest BCUT2D eigenvalue weighted by Crippen LogP contribution is -2.43. The number of oxazole rings is 2. The fourth-order valence-corrected chi connectivity index (χ4v) is 8.90. The van der Waals surface area contributed by atoms with Crippen molar-refractivity contribution in [2.24, 2.45) is 0 Å². The standard InChI is InChI=1S/C27H29N7O3.C24H28N6O2/c1-32(2)27(36)33-13-12-23-22(17-33)25(34(14-15-35)21-6-4-3-5-7-21)31-26(30-23)29-20-10-8-19(9-11-20)24-16-28-18-37-24;1-16(31)30-12-11-21-20(14-30)23(26-18-5-3-2-4-6-18)29-24(28-21)27-19-9-7-17(8-10-19)22-13-25-15-32-22/h3-11,16,18,35H,12-15,17H2,1-2H3,(H,29,30,31);7-10,13,15,18H,2-6,11-12,14H2,1H3,(H2,26,27,28,29). The van der Waals surface area contributed by atoms with E-state index in [1.165, 1.54) is 32.0 Å². The second-order valence-electron chi connectivity index (χ2n) is 17.5. The minimum atomic E-state index is -0.0564. The number of amides is 3. The van der Waals surface area contributed by atoms with Crippen LogP contribution in [0, 0.1) is 0 Å². The highest BCUT2D eigenvalue weighted by Gasteiger charge is 2.30. The van der Waals surface area contributed by atoms with Crippen molar-refractivity contribution in [3.05, 3.63) is 127 Å². The van der Waals surface area contributed by atoms with Crippen molar-refractivity contribution in [2.75, 3.05) is 61.2 Å². The molecule has 0 atom stereocenters. The normalized spacial score (nSPS) is 14.4. The smallest absolute Gasteiger partial charge is 0.319 e. The van der Waals surface area contributed by atoms with Gasteiger partial charge in [-0.05, 0) is 73.5 Å². The van der Waals surface area contributed by atoms with Crippen molar-refractivity contribution in [2.45, 2.75) is 71.0 Å². The van der Waals surface area contributed by atoms with Crippen LogP contribution in [-0.2, 0) is 30.7 Å². The van der Waals surface area contributed by atoms with Crippen LogP contribution in [0.3, 0.4) is 0 Å². The number of fused-ring (bicyclic) bond motifs is 2. The van der Waals surface area contributed by atoms with Gasteiger partial charge in [0.25, 0.3) is 0 Å². The maximum Gasteiger partial charge on any atom is 0.319 e. The van der Waals surface area contributed by atoms with Gasteiger partial charge in [-0.2, -0.15) is 9.97 Å². The zero-order chi connectivity index (χ0) is 47.7. The third-order valence-corrected chi connectivity index (χ3v) is 12.5. The Morgan fingerprint density at radius 3 is 1.83 bits per heavy atom. The first-order valence-corrected chi connectivity index (χ1v) is 23.4. The molecule has 69 heavy (non-hydrogen) atoms. The number of para-hydroxylation sites is 1. The summed E-state index contributed by atoms with van der Waals surface area (Å²) in [6.45, 7) is 4.12. The van der Waals surface area contributed by atoms with Gasteiger partial charge in [0.1, 0.15) is 11.6 Å². The van der Waals surface area contributed by atoms with Crippen molar-refractivity contribution in [1.29, 1.82) is 0 Å². The Labute approximate surface area is 400 Å². The minimum Gasteiger partial charge on any atom is -0.444 e. The van der Waals surface area contributed by atoms with E-state index in [0.29, 0.717) is 68.7 Å². The Kier molecular flexibility index (Phi) is 14.3. The molecule has 2 aliphatic heterocycles. The summed E-state index contributed by atoms with van der Waals surface area (Å²) in [7, 11) is 3.50. The van der Waals surface area contributed by atoms with Crippen molar-refractivity contribution in [1.82, 2.24) is 44.6 Å². The van der Waals surface area contributed by atoms with Gasteiger partial charge in [0.15, 0.2) is 24.3 Å². The van der Waals surface area contributed by atoms with E-state index < -0.39 is 0 Å². The molecule has 0 unspecified atom stereocenters. The predicted molar refractivity (Wildman–Crippen MR) is 264 cm³/mol. The van der Waals surface area contributed by atoms with Crippen molar-refractivity contribution in [3.63, 3.8) is 0 Å². The summed E-state index contributed by atoms with van der Waals surface area (Å²) in [5.74, 6) is 4.07. The summed E-state index contributed by atoms with van der Waals surface area (Å²) in [5.41, 5.74) is 8.32. The van der Waals surface area contributed by atoms with Gasteiger partial charge in [-0.1, -0.05) is 37.5 Å². The first kappa shape index (κ1) is 46.3. The number of anilines is 7. The average molecular weight is 932 g/mol. The second-order valence-corrected chi connectivity index (χ2v) is 17.5. The Bertz CT molecular complexity index is 2800. The van der Waals surface area contributed by atoms with E-state index >= 15 is 0 Å². The summed E-state index contributed by atoms with van der Waals surface area (Å²) < 4.78 is 10.7. The zero-order valence-corrected chi connectivity index (χ0v) is 39.1. The summed E-state index contributed by atoms with van der Waals surface area (Å²) in [6.07, 6.45) is 13.6. The molecule has 3 aromatic carbocycles. The molecule has 356 valence electrons. The number of benzene rings is 3. The highest BCUT2D eigenvalue weighted by atomic mass is 16.3. The van der Waals surface area contributed by atoms with E-state index in [2.05, 4.69) is 25.9 Å². The number of hydrogen-bond donors (Lipinski definition) is 4. The van der Waals surface area contributed by atoms with Crippen molar-refractivity contribution >= 4 is 52.5 Å². The van der Waals surface area contributed by atoms with Crippen LogP contribution in [0.4, 0.5) is 45.4 Å². The van der Waals surface area contributed by atoms with Gasteiger partial charge in [-0.25, -0.2) is 24.7 Å². The fourth-order valence-electron chi connectivity index (χ4n) is 8.90. The second kappa shape index (κ2) is 21.4. The SMILES string of the molecule is CC(=O)N1CCc2nc(Nc3ccc(-c4cnco4)cc3)nc(NC3CCCCC3)c2C1.CN(C)C(=O)N1CCc2nc(Nc3ccc(-c4cnco4)cc3)nc(N(CCO)c3ccccc3)c2C1. The zero-order valence-electron chi connectivity index (χ0n) is 39.1. The Morgan fingerprint density at radius 1 is 0.710 bits per heavy atom. The van der Waals surface area contributed by atoms with Crippen LogP contribution >= 0.6 is 0 Å². The number of nitrogens with zero attached hydrogens (tertiary/aromatic N) is 10. The molecule has 10 rings (SSSR count). The first-order valence-electron chi connectivity index (χ1n) is 23.4. The van der Waals surface area contributed by atoms with Gasteiger partial charge in [0.2, 0.25) is 17.8 Å². The van der Waals surface area contributed by atoms with Crippen LogP contribution in [0.2, 0.25) is 0 Å². The topological polar surface area (TPSA) is 207 Å². The van der Waals surface area contributed by atoms with E-state index in [1.54, 1.807) is 43.2 Å². The van der Waals surface area contributed by atoms with Gasteiger partial charge in [-0.15, -0.1) is 0 Å². The lowest BCUT2D eigenvalue weighted by Gasteiger charge is -2.34. The third kappa shape index (κ3) is 11.1. The number of carbonyl (C=O) groups is 2.